The van der Waals surface area contributed by atoms with E-state index in [1.54, 1.807) is 18.5 Å². The smallest absolute Gasteiger partial charge is 0.255 e. The first kappa shape index (κ1) is 10.4. The number of nitrogens with zero attached hydrogens (tertiary/aromatic N) is 4. The fraction of sp³-hybridized carbons (Fsp3) is 0.250. The number of alkyl halides is 2. The van der Waals surface area contributed by atoms with Crippen LogP contribution in [0.3, 0.4) is 0 Å². The van der Waals surface area contributed by atoms with Gasteiger partial charge in [-0.15, -0.1) is 5.10 Å². The molecule has 0 unspecified atom stereocenters. The molecule has 0 aromatic carbocycles. The topological polar surface area (TPSA) is 79.4 Å². The van der Waals surface area contributed by atoms with Gasteiger partial charge in [-0.1, -0.05) is 0 Å². The lowest BCUT2D eigenvalue weighted by molar-refractivity contribution is 0.163. The Bertz CT molecular complexity index is 443. The summed E-state index contributed by atoms with van der Waals surface area (Å²) in [6.45, 7) is -0.493. The quantitative estimate of drug-likeness (QED) is 0.811. The molecule has 16 heavy (non-hydrogen) atoms. The molecule has 0 saturated carbocycles. The molecule has 6 nitrogen and oxygen atoms in total. The summed E-state index contributed by atoms with van der Waals surface area (Å²) in [7, 11) is 0. The molecule has 0 aliphatic carbocycles. The monoisotopic (exact) mass is 226 g/mol. The van der Waals surface area contributed by atoms with Crippen molar-refractivity contribution in [3.8, 4) is 11.6 Å². The minimum atomic E-state index is -2.45. The van der Waals surface area contributed by atoms with Gasteiger partial charge in [0.1, 0.15) is 0 Å². The van der Waals surface area contributed by atoms with Crippen LogP contribution in [0.15, 0.2) is 18.5 Å². The largest absolute Gasteiger partial charge is 0.347 e. The van der Waals surface area contributed by atoms with E-state index < -0.39 is 13.0 Å². The molecule has 0 aliphatic rings. The first-order valence-electron chi connectivity index (χ1n) is 4.47. The molecule has 0 atom stereocenters. The molecule has 0 spiro atoms. The number of rotatable bonds is 4. The van der Waals surface area contributed by atoms with E-state index in [1.807, 2.05) is 0 Å². The van der Waals surface area contributed by atoms with E-state index >= 15 is 0 Å². The maximum Gasteiger partial charge on any atom is 0.255 e. The van der Waals surface area contributed by atoms with Gasteiger partial charge in [0.15, 0.2) is 11.6 Å². The average molecular weight is 226 g/mol. The maximum absolute atomic E-state index is 11.9. The molecule has 8 heteroatoms. The van der Waals surface area contributed by atoms with Crippen LogP contribution in [0, 0.1) is 0 Å². The Morgan fingerprint density at radius 3 is 2.75 bits per heavy atom. The highest BCUT2D eigenvalue weighted by atomic mass is 19.3. The van der Waals surface area contributed by atoms with Gasteiger partial charge in [-0.3, -0.25) is 5.10 Å². The minimum Gasteiger partial charge on any atom is -0.347 e. The number of aromatic nitrogens is 5. The lowest BCUT2D eigenvalue weighted by atomic mass is 10.5. The van der Waals surface area contributed by atoms with Crippen molar-refractivity contribution in [3.05, 3.63) is 18.5 Å². The highest BCUT2D eigenvalue weighted by molar-refractivity contribution is 5.44. The number of H-pyrrole nitrogens is 1. The molecule has 2 N–H and O–H groups in total. The summed E-state index contributed by atoms with van der Waals surface area (Å²) in [6, 6.07) is 1.66. The van der Waals surface area contributed by atoms with Crippen molar-refractivity contribution in [1.82, 2.24) is 25.1 Å². The van der Waals surface area contributed by atoms with Crippen LogP contribution in [-0.4, -0.2) is 38.1 Å². The second kappa shape index (κ2) is 4.60. The van der Waals surface area contributed by atoms with Crippen LogP contribution in [0.2, 0.25) is 0 Å². The lowest BCUT2D eigenvalue weighted by Crippen LogP contribution is -2.11. The van der Waals surface area contributed by atoms with E-state index in [-0.39, 0.29) is 5.95 Å². The molecule has 0 bridgehead atoms. The SMILES string of the molecule is FC(F)CNc1n[nH]c(-c2ncccn2)n1. The first-order chi connectivity index (χ1) is 7.75. The molecular formula is C8H8F2N6. The van der Waals surface area contributed by atoms with E-state index in [0.717, 1.165) is 0 Å². The summed E-state index contributed by atoms with van der Waals surface area (Å²) in [5.41, 5.74) is 0. The summed E-state index contributed by atoms with van der Waals surface area (Å²) in [4.78, 5) is 11.8. The maximum atomic E-state index is 11.9. The second-order valence-electron chi connectivity index (χ2n) is 2.85. The van der Waals surface area contributed by atoms with Gasteiger partial charge < -0.3 is 5.32 Å². The Balaban J connectivity index is 2.08. The predicted molar refractivity (Wildman–Crippen MR) is 51.9 cm³/mol. The molecule has 0 amide bonds. The minimum absolute atomic E-state index is 0.0998. The Hall–Kier alpha value is -2.12. The highest BCUT2D eigenvalue weighted by Gasteiger charge is 2.08. The van der Waals surface area contributed by atoms with E-state index in [1.165, 1.54) is 0 Å². The number of nitrogens with one attached hydrogen (secondary N) is 2. The summed E-state index contributed by atoms with van der Waals surface area (Å²) in [5.74, 6) is 0.792. The fourth-order valence-electron chi connectivity index (χ4n) is 1.03. The van der Waals surface area contributed by atoms with Crippen LogP contribution in [0.1, 0.15) is 0 Å². The third-order valence-corrected chi connectivity index (χ3v) is 1.68. The van der Waals surface area contributed by atoms with Crippen molar-refractivity contribution in [1.29, 1.82) is 0 Å². The normalized spacial score (nSPS) is 10.7. The molecule has 0 radical (unpaired) electrons. The molecule has 0 aliphatic heterocycles. The number of hydrogen-bond donors (Lipinski definition) is 2. The molecule has 2 rings (SSSR count). The summed E-state index contributed by atoms with van der Waals surface area (Å²) in [5, 5.41) is 8.63. The van der Waals surface area contributed by atoms with Crippen molar-refractivity contribution >= 4 is 5.95 Å². The zero-order valence-corrected chi connectivity index (χ0v) is 8.06. The molecule has 2 aromatic heterocycles. The van der Waals surface area contributed by atoms with Crippen molar-refractivity contribution in [2.24, 2.45) is 0 Å². The predicted octanol–water partition coefficient (Wildman–Crippen LogP) is 0.939. The fourth-order valence-corrected chi connectivity index (χ4v) is 1.03. The third kappa shape index (κ3) is 2.47. The van der Waals surface area contributed by atoms with Crippen molar-refractivity contribution in [2.45, 2.75) is 6.43 Å². The van der Waals surface area contributed by atoms with E-state index in [4.69, 9.17) is 0 Å². The first-order valence-corrected chi connectivity index (χ1v) is 4.47. The Morgan fingerprint density at radius 2 is 2.06 bits per heavy atom. The standard InChI is InChI=1S/C8H8F2N6/c9-5(10)4-13-8-14-7(15-16-8)6-11-2-1-3-12-6/h1-3,5H,4H2,(H2,13,14,15,16). The van der Waals surface area contributed by atoms with Crippen LogP contribution < -0.4 is 5.32 Å². The van der Waals surface area contributed by atoms with Crippen molar-refractivity contribution in [3.63, 3.8) is 0 Å². The lowest BCUT2D eigenvalue weighted by Gasteiger charge is -1.97. The highest BCUT2D eigenvalue weighted by Crippen LogP contribution is 2.09. The van der Waals surface area contributed by atoms with Gasteiger partial charge in [0, 0.05) is 12.4 Å². The summed E-state index contributed by atoms with van der Waals surface area (Å²) < 4.78 is 23.8. The number of halogens is 2. The van der Waals surface area contributed by atoms with Crippen LogP contribution in [0.4, 0.5) is 14.7 Å². The van der Waals surface area contributed by atoms with E-state index in [2.05, 4.69) is 30.5 Å². The van der Waals surface area contributed by atoms with Gasteiger partial charge in [0.25, 0.3) is 6.43 Å². The van der Waals surface area contributed by atoms with Crippen LogP contribution in [0.5, 0.6) is 0 Å². The summed E-state index contributed by atoms with van der Waals surface area (Å²) >= 11 is 0. The number of hydrogen-bond acceptors (Lipinski definition) is 5. The molecule has 0 fully saturated rings. The Morgan fingerprint density at radius 1 is 1.31 bits per heavy atom. The van der Waals surface area contributed by atoms with Crippen LogP contribution in [0.25, 0.3) is 11.6 Å². The molecular weight excluding hydrogens is 218 g/mol. The van der Waals surface area contributed by atoms with Gasteiger partial charge in [-0.2, -0.15) is 4.98 Å². The molecule has 2 heterocycles. The third-order valence-electron chi connectivity index (χ3n) is 1.68. The number of anilines is 1. The van der Waals surface area contributed by atoms with Gasteiger partial charge in [-0.05, 0) is 6.07 Å². The second-order valence-corrected chi connectivity index (χ2v) is 2.85. The number of aromatic amines is 1. The van der Waals surface area contributed by atoms with Crippen molar-refractivity contribution < 1.29 is 8.78 Å². The van der Waals surface area contributed by atoms with Gasteiger partial charge in [-0.25, -0.2) is 18.7 Å². The van der Waals surface area contributed by atoms with Gasteiger partial charge >= 0.3 is 0 Å². The van der Waals surface area contributed by atoms with Gasteiger partial charge in [0.2, 0.25) is 5.95 Å². The summed E-state index contributed by atoms with van der Waals surface area (Å²) in [6.07, 6.45) is 0.656. The van der Waals surface area contributed by atoms with Crippen LogP contribution >= 0.6 is 0 Å². The van der Waals surface area contributed by atoms with Crippen molar-refractivity contribution in [2.75, 3.05) is 11.9 Å². The molecule has 2 aromatic rings. The Labute approximate surface area is 89.2 Å². The zero-order valence-electron chi connectivity index (χ0n) is 8.06. The molecule has 84 valence electrons. The van der Waals surface area contributed by atoms with Gasteiger partial charge in [0.05, 0.1) is 6.54 Å². The Kier molecular flexibility index (Phi) is 2.99. The van der Waals surface area contributed by atoms with E-state index in [9.17, 15) is 8.78 Å². The zero-order chi connectivity index (χ0) is 11.4. The average Bonchev–Trinajstić information content (AvgIpc) is 2.76. The van der Waals surface area contributed by atoms with E-state index in [0.29, 0.717) is 11.6 Å². The van der Waals surface area contributed by atoms with Crippen LogP contribution in [-0.2, 0) is 0 Å². The molecule has 0 saturated heterocycles.